The molecule has 0 aromatic heterocycles. The molecule has 0 saturated carbocycles. The van der Waals surface area contributed by atoms with Crippen LogP contribution in [0.5, 0.6) is 0 Å². The molecule has 1 aromatic rings. The van der Waals surface area contributed by atoms with Crippen LogP contribution in [-0.2, 0) is 0 Å². The maximum Gasteiger partial charge on any atom is 0.403 e. The van der Waals surface area contributed by atoms with Gasteiger partial charge in [0.2, 0.25) is 0 Å². The first-order valence-electron chi connectivity index (χ1n) is 4.57. The minimum atomic E-state index is -4.51. The Bertz CT molecular complexity index is 360. The van der Waals surface area contributed by atoms with Crippen LogP contribution in [0.3, 0.4) is 0 Å². The van der Waals surface area contributed by atoms with Crippen molar-refractivity contribution in [2.24, 2.45) is 5.73 Å². The molecule has 0 radical (unpaired) electrons. The van der Waals surface area contributed by atoms with Gasteiger partial charge in [-0.3, -0.25) is 0 Å². The molecule has 0 heterocycles. The van der Waals surface area contributed by atoms with Crippen molar-refractivity contribution >= 4 is 24.0 Å². The molecule has 2 atom stereocenters. The normalized spacial score (nSPS) is 14.9. The van der Waals surface area contributed by atoms with Crippen LogP contribution in [0.1, 0.15) is 18.1 Å². The predicted octanol–water partition coefficient (Wildman–Crippen LogP) is 3.07. The topological polar surface area (TPSA) is 46.2 Å². The summed E-state index contributed by atoms with van der Waals surface area (Å²) in [7, 11) is 0. The average Bonchev–Trinajstić information content (AvgIpc) is 2.16. The van der Waals surface area contributed by atoms with Crippen molar-refractivity contribution in [3.05, 3.63) is 34.9 Å². The Kier molecular flexibility index (Phi) is 6.26. The smallest absolute Gasteiger partial charge is 0.388 e. The van der Waals surface area contributed by atoms with Gasteiger partial charge in [-0.15, -0.1) is 12.4 Å². The standard InChI is InChI=1S/C10H11ClF3NO.ClH/c11-7-4-2-1-3-6(7)8(16)5-9(15)10(12,13)14;/h1-4,8-9,16H,5,15H2;1H/t8-,9-;/m0./s1. The molecule has 2 nitrogen and oxygen atoms in total. The summed E-state index contributed by atoms with van der Waals surface area (Å²) < 4.78 is 36.5. The zero-order valence-electron chi connectivity index (χ0n) is 8.62. The van der Waals surface area contributed by atoms with Crippen molar-refractivity contribution < 1.29 is 18.3 Å². The number of nitrogens with two attached hydrogens (primary N) is 1. The van der Waals surface area contributed by atoms with E-state index in [1.807, 2.05) is 0 Å². The van der Waals surface area contributed by atoms with E-state index in [1.54, 1.807) is 12.1 Å². The molecule has 3 N–H and O–H groups in total. The number of halogens is 5. The Morgan fingerprint density at radius 1 is 1.29 bits per heavy atom. The SMILES string of the molecule is Cl.N[C@@H](C[C@H](O)c1ccccc1Cl)C(F)(F)F. The molecule has 0 aliphatic carbocycles. The quantitative estimate of drug-likeness (QED) is 0.898. The van der Waals surface area contributed by atoms with Gasteiger partial charge in [0.1, 0.15) is 6.04 Å². The molecule has 1 rings (SSSR count). The van der Waals surface area contributed by atoms with E-state index in [9.17, 15) is 18.3 Å². The number of rotatable bonds is 3. The fourth-order valence-electron chi connectivity index (χ4n) is 1.25. The van der Waals surface area contributed by atoms with Gasteiger partial charge >= 0.3 is 6.18 Å². The first kappa shape index (κ1) is 16.5. The number of hydrogen-bond acceptors (Lipinski definition) is 2. The van der Waals surface area contributed by atoms with E-state index in [-0.39, 0.29) is 23.0 Å². The Morgan fingerprint density at radius 3 is 2.29 bits per heavy atom. The van der Waals surface area contributed by atoms with Gasteiger partial charge in [-0.2, -0.15) is 13.2 Å². The second-order valence-corrected chi connectivity index (χ2v) is 3.83. The summed E-state index contributed by atoms with van der Waals surface area (Å²) in [5.74, 6) is 0. The van der Waals surface area contributed by atoms with E-state index in [1.165, 1.54) is 12.1 Å². The van der Waals surface area contributed by atoms with Crippen LogP contribution >= 0.6 is 24.0 Å². The number of alkyl halides is 3. The highest BCUT2D eigenvalue weighted by Gasteiger charge is 2.38. The van der Waals surface area contributed by atoms with Crippen LogP contribution in [0.4, 0.5) is 13.2 Å². The number of hydrogen-bond donors (Lipinski definition) is 2. The fraction of sp³-hybridized carbons (Fsp3) is 0.400. The Hall–Kier alpha value is -0.490. The summed E-state index contributed by atoms with van der Waals surface area (Å²) in [6.45, 7) is 0. The summed E-state index contributed by atoms with van der Waals surface area (Å²) in [6.07, 6.45) is -6.43. The second kappa shape index (κ2) is 6.44. The lowest BCUT2D eigenvalue weighted by Gasteiger charge is -2.19. The number of aliphatic hydroxyl groups is 1. The van der Waals surface area contributed by atoms with Crippen LogP contribution in [0, 0.1) is 0 Å². The Labute approximate surface area is 108 Å². The highest BCUT2D eigenvalue weighted by Crippen LogP contribution is 2.29. The van der Waals surface area contributed by atoms with Crippen LogP contribution in [0.2, 0.25) is 5.02 Å². The van der Waals surface area contributed by atoms with Gasteiger partial charge < -0.3 is 10.8 Å². The molecule has 0 aliphatic rings. The number of aliphatic hydroxyl groups excluding tert-OH is 1. The molecule has 0 aliphatic heterocycles. The van der Waals surface area contributed by atoms with E-state index in [0.29, 0.717) is 0 Å². The van der Waals surface area contributed by atoms with Gasteiger partial charge in [-0.05, 0) is 11.6 Å². The van der Waals surface area contributed by atoms with Gasteiger partial charge in [-0.1, -0.05) is 29.8 Å². The third-order valence-electron chi connectivity index (χ3n) is 2.16. The highest BCUT2D eigenvalue weighted by atomic mass is 35.5. The molecule has 0 amide bonds. The Morgan fingerprint density at radius 2 is 1.82 bits per heavy atom. The molecule has 0 fully saturated rings. The van der Waals surface area contributed by atoms with E-state index >= 15 is 0 Å². The van der Waals surface area contributed by atoms with Crippen LogP contribution in [-0.4, -0.2) is 17.3 Å². The van der Waals surface area contributed by atoms with E-state index in [2.05, 4.69) is 0 Å². The van der Waals surface area contributed by atoms with Crippen molar-refractivity contribution in [3.8, 4) is 0 Å². The molecule has 17 heavy (non-hydrogen) atoms. The first-order valence-corrected chi connectivity index (χ1v) is 4.95. The van der Waals surface area contributed by atoms with Gasteiger partial charge in [-0.25, -0.2) is 0 Å². The first-order chi connectivity index (χ1) is 7.32. The molecule has 0 bridgehead atoms. The molecule has 0 spiro atoms. The third-order valence-corrected chi connectivity index (χ3v) is 2.51. The van der Waals surface area contributed by atoms with E-state index in [0.717, 1.165) is 0 Å². The van der Waals surface area contributed by atoms with Gasteiger partial charge in [0.15, 0.2) is 0 Å². The fourth-order valence-corrected chi connectivity index (χ4v) is 1.51. The second-order valence-electron chi connectivity index (χ2n) is 3.42. The van der Waals surface area contributed by atoms with Gasteiger partial charge in [0.05, 0.1) is 6.10 Å². The lowest BCUT2D eigenvalue weighted by molar-refractivity contribution is -0.153. The average molecular weight is 290 g/mol. The van der Waals surface area contributed by atoms with Crippen molar-refractivity contribution in [2.75, 3.05) is 0 Å². The van der Waals surface area contributed by atoms with Crippen LogP contribution in [0.25, 0.3) is 0 Å². The van der Waals surface area contributed by atoms with Crippen LogP contribution < -0.4 is 5.73 Å². The maximum absolute atomic E-state index is 12.2. The van der Waals surface area contributed by atoms with Crippen molar-refractivity contribution in [1.29, 1.82) is 0 Å². The highest BCUT2D eigenvalue weighted by molar-refractivity contribution is 6.31. The van der Waals surface area contributed by atoms with Crippen molar-refractivity contribution in [3.63, 3.8) is 0 Å². The van der Waals surface area contributed by atoms with E-state index in [4.69, 9.17) is 17.3 Å². The summed E-state index contributed by atoms with van der Waals surface area (Å²) in [4.78, 5) is 0. The molecular formula is C10H12Cl2F3NO. The van der Waals surface area contributed by atoms with Crippen LogP contribution in [0.15, 0.2) is 24.3 Å². The lowest BCUT2D eigenvalue weighted by Crippen LogP contribution is -2.38. The molecule has 7 heteroatoms. The predicted molar refractivity (Wildman–Crippen MR) is 62.3 cm³/mol. The summed E-state index contributed by atoms with van der Waals surface area (Å²) in [5, 5.41) is 9.80. The third kappa shape index (κ3) is 4.71. The zero-order valence-corrected chi connectivity index (χ0v) is 10.2. The molecular weight excluding hydrogens is 278 g/mol. The summed E-state index contributed by atoms with van der Waals surface area (Å²) in [5.41, 5.74) is 5.16. The molecule has 0 saturated heterocycles. The number of benzene rings is 1. The molecule has 1 aromatic carbocycles. The summed E-state index contributed by atoms with van der Waals surface area (Å²) >= 11 is 5.73. The molecule has 98 valence electrons. The van der Waals surface area contributed by atoms with Crippen molar-refractivity contribution in [2.45, 2.75) is 24.7 Å². The lowest BCUT2D eigenvalue weighted by atomic mass is 10.0. The Balaban J connectivity index is 0.00000256. The van der Waals surface area contributed by atoms with Gasteiger partial charge in [0, 0.05) is 11.4 Å². The van der Waals surface area contributed by atoms with Gasteiger partial charge in [0.25, 0.3) is 0 Å². The zero-order chi connectivity index (χ0) is 12.3. The largest absolute Gasteiger partial charge is 0.403 e. The minimum Gasteiger partial charge on any atom is -0.388 e. The summed E-state index contributed by atoms with van der Waals surface area (Å²) in [6, 6.07) is 4.12. The van der Waals surface area contributed by atoms with E-state index < -0.39 is 24.7 Å². The molecule has 0 unspecified atom stereocenters. The maximum atomic E-state index is 12.2. The monoisotopic (exact) mass is 289 g/mol. The minimum absolute atomic E-state index is 0. The van der Waals surface area contributed by atoms with Crippen molar-refractivity contribution in [1.82, 2.24) is 0 Å².